The highest BCUT2D eigenvalue weighted by molar-refractivity contribution is 5.74. The Balaban J connectivity index is 2.51. The van der Waals surface area contributed by atoms with Crippen LogP contribution in [0.4, 0.5) is 4.79 Å². The normalized spacial score (nSPS) is 31.2. The first-order valence-electron chi connectivity index (χ1n) is 6.95. The number of urea groups is 1. The van der Waals surface area contributed by atoms with E-state index in [1.807, 2.05) is 13.8 Å². The highest BCUT2D eigenvalue weighted by atomic mass is 16.2. The molecule has 0 bridgehead atoms. The molecule has 2 amide bonds. The molecule has 18 heavy (non-hydrogen) atoms. The Labute approximate surface area is 111 Å². The summed E-state index contributed by atoms with van der Waals surface area (Å²) in [5.41, 5.74) is 6.46. The lowest BCUT2D eigenvalue weighted by molar-refractivity contribution is 0.108. The van der Waals surface area contributed by atoms with Crippen LogP contribution in [0.1, 0.15) is 53.9 Å². The summed E-state index contributed by atoms with van der Waals surface area (Å²) in [6, 6.07) is 0.0336. The Kier molecular flexibility index (Phi) is 4.65. The topological polar surface area (TPSA) is 67.1 Å². The number of nitrogens with one attached hydrogen (secondary N) is 2. The van der Waals surface area contributed by atoms with E-state index in [4.69, 9.17) is 5.73 Å². The Morgan fingerprint density at radius 2 is 2.00 bits per heavy atom. The second kappa shape index (κ2) is 5.47. The fourth-order valence-corrected chi connectivity index (χ4v) is 3.51. The van der Waals surface area contributed by atoms with E-state index in [2.05, 4.69) is 31.4 Å². The van der Waals surface area contributed by atoms with E-state index in [1.54, 1.807) is 0 Å². The summed E-state index contributed by atoms with van der Waals surface area (Å²) < 4.78 is 0. The maximum absolute atomic E-state index is 11.6. The van der Waals surface area contributed by atoms with Gasteiger partial charge in [0.2, 0.25) is 0 Å². The standard InChI is InChI=1S/C14H29N3O/c1-10(2)17-12(18)16-9-14(15)7-11(3)6-13(4,5)8-14/h10-11H,6-9,15H2,1-5H3,(H2,16,17,18). The highest BCUT2D eigenvalue weighted by Gasteiger charge is 2.40. The molecule has 2 atom stereocenters. The zero-order chi connectivity index (χ0) is 14.0. The summed E-state index contributed by atoms with van der Waals surface area (Å²) in [6.45, 7) is 11.2. The SMILES string of the molecule is CC1CC(C)(C)CC(N)(CNC(=O)NC(C)C)C1. The fraction of sp³-hybridized carbons (Fsp3) is 0.929. The molecule has 0 aromatic rings. The number of hydrogen-bond acceptors (Lipinski definition) is 2. The van der Waals surface area contributed by atoms with Gasteiger partial charge in [-0.15, -0.1) is 0 Å². The Bertz CT molecular complexity index is 301. The molecular formula is C14H29N3O. The third kappa shape index (κ3) is 4.84. The molecule has 0 radical (unpaired) electrons. The first-order chi connectivity index (χ1) is 8.12. The predicted molar refractivity (Wildman–Crippen MR) is 75.4 cm³/mol. The van der Waals surface area contributed by atoms with Crippen LogP contribution in [0.15, 0.2) is 0 Å². The molecule has 0 aromatic carbocycles. The molecule has 1 fully saturated rings. The van der Waals surface area contributed by atoms with Crippen LogP contribution in [-0.2, 0) is 0 Å². The number of nitrogens with two attached hydrogens (primary N) is 1. The number of carbonyl (C=O) groups excluding carboxylic acids is 1. The highest BCUT2D eigenvalue weighted by Crippen LogP contribution is 2.42. The maximum atomic E-state index is 11.6. The molecule has 0 saturated heterocycles. The van der Waals surface area contributed by atoms with Crippen LogP contribution in [-0.4, -0.2) is 24.2 Å². The minimum absolute atomic E-state index is 0.120. The number of rotatable bonds is 3. The van der Waals surface area contributed by atoms with Crippen LogP contribution in [0.25, 0.3) is 0 Å². The monoisotopic (exact) mass is 255 g/mol. The van der Waals surface area contributed by atoms with Gasteiger partial charge in [0, 0.05) is 18.1 Å². The van der Waals surface area contributed by atoms with Gasteiger partial charge in [-0.2, -0.15) is 0 Å². The van der Waals surface area contributed by atoms with Crippen molar-refractivity contribution in [2.45, 2.75) is 65.5 Å². The zero-order valence-corrected chi connectivity index (χ0v) is 12.5. The van der Waals surface area contributed by atoms with Gasteiger partial charge in [0.1, 0.15) is 0 Å². The first-order valence-corrected chi connectivity index (χ1v) is 6.95. The van der Waals surface area contributed by atoms with Crippen molar-refractivity contribution in [1.82, 2.24) is 10.6 Å². The quantitative estimate of drug-likeness (QED) is 0.724. The lowest BCUT2D eigenvalue weighted by Crippen LogP contribution is -2.57. The van der Waals surface area contributed by atoms with Crippen molar-refractivity contribution in [3.05, 3.63) is 0 Å². The van der Waals surface area contributed by atoms with Crippen LogP contribution < -0.4 is 16.4 Å². The fourth-order valence-electron chi connectivity index (χ4n) is 3.51. The van der Waals surface area contributed by atoms with Crippen LogP contribution in [0.5, 0.6) is 0 Å². The van der Waals surface area contributed by atoms with Crippen molar-refractivity contribution in [2.75, 3.05) is 6.54 Å². The van der Waals surface area contributed by atoms with Crippen molar-refractivity contribution < 1.29 is 4.79 Å². The molecule has 1 aliphatic rings. The molecule has 1 aliphatic carbocycles. The predicted octanol–water partition coefficient (Wildman–Crippen LogP) is 2.24. The minimum atomic E-state index is -0.268. The maximum Gasteiger partial charge on any atom is 0.315 e. The summed E-state index contributed by atoms with van der Waals surface area (Å²) in [6.07, 6.45) is 3.16. The summed E-state index contributed by atoms with van der Waals surface area (Å²) in [5, 5.41) is 5.73. The van der Waals surface area contributed by atoms with Gasteiger partial charge in [0.15, 0.2) is 0 Å². The van der Waals surface area contributed by atoms with Crippen molar-refractivity contribution >= 4 is 6.03 Å². The number of carbonyl (C=O) groups is 1. The first kappa shape index (κ1) is 15.3. The Hall–Kier alpha value is -0.770. The molecule has 2 unspecified atom stereocenters. The summed E-state index contributed by atoms with van der Waals surface area (Å²) in [7, 11) is 0. The van der Waals surface area contributed by atoms with Gasteiger partial charge >= 0.3 is 6.03 Å². The summed E-state index contributed by atoms with van der Waals surface area (Å²) in [4.78, 5) is 11.6. The second-order valence-electron chi connectivity index (χ2n) is 7.20. The van der Waals surface area contributed by atoms with Gasteiger partial charge in [-0.05, 0) is 44.4 Å². The second-order valence-corrected chi connectivity index (χ2v) is 7.20. The lowest BCUT2D eigenvalue weighted by Gasteiger charge is -2.45. The minimum Gasteiger partial charge on any atom is -0.336 e. The molecule has 0 spiro atoms. The molecule has 4 N–H and O–H groups in total. The van der Waals surface area contributed by atoms with Crippen molar-refractivity contribution in [3.8, 4) is 0 Å². The smallest absolute Gasteiger partial charge is 0.315 e. The van der Waals surface area contributed by atoms with E-state index in [-0.39, 0.29) is 23.0 Å². The van der Waals surface area contributed by atoms with E-state index < -0.39 is 0 Å². The average Bonchev–Trinajstić information content (AvgIpc) is 2.09. The summed E-state index contributed by atoms with van der Waals surface area (Å²) >= 11 is 0. The van der Waals surface area contributed by atoms with Gasteiger partial charge in [-0.1, -0.05) is 20.8 Å². The molecule has 0 aromatic heterocycles. The van der Waals surface area contributed by atoms with Gasteiger partial charge in [-0.3, -0.25) is 0 Å². The molecule has 1 rings (SSSR count). The van der Waals surface area contributed by atoms with Crippen LogP contribution >= 0.6 is 0 Å². The van der Waals surface area contributed by atoms with Crippen LogP contribution in [0, 0.1) is 11.3 Å². The van der Waals surface area contributed by atoms with E-state index in [0.29, 0.717) is 12.5 Å². The Morgan fingerprint density at radius 3 is 2.50 bits per heavy atom. The van der Waals surface area contributed by atoms with Gasteiger partial charge in [-0.25, -0.2) is 4.79 Å². The zero-order valence-electron chi connectivity index (χ0n) is 12.5. The lowest BCUT2D eigenvalue weighted by atomic mass is 9.64. The molecule has 1 saturated carbocycles. The van der Waals surface area contributed by atoms with Gasteiger partial charge < -0.3 is 16.4 Å². The van der Waals surface area contributed by atoms with E-state index in [9.17, 15) is 4.79 Å². The average molecular weight is 255 g/mol. The van der Waals surface area contributed by atoms with E-state index >= 15 is 0 Å². The largest absolute Gasteiger partial charge is 0.336 e. The van der Waals surface area contributed by atoms with Crippen LogP contribution in [0.2, 0.25) is 0 Å². The molecular weight excluding hydrogens is 226 g/mol. The molecule has 4 nitrogen and oxygen atoms in total. The van der Waals surface area contributed by atoms with Crippen molar-refractivity contribution in [3.63, 3.8) is 0 Å². The third-order valence-electron chi connectivity index (χ3n) is 3.51. The number of amides is 2. The molecule has 106 valence electrons. The van der Waals surface area contributed by atoms with E-state index in [0.717, 1.165) is 12.8 Å². The molecule has 4 heteroatoms. The van der Waals surface area contributed by atoms with Gasteiger partial charge in [0.25, 0.3) is 0 Å². The molecule has 0 aliphatic heterocycles. The summed E-state index contributed by atoms with van der Waals surface area (Å²) in [5.74, 6) is 0.619. The van der Waals surface area contributed by atoms with Crippen molar-refractivity contribution in [2.24, 2.45) is 17.1 Å². The molecule has 0 heterocycles. The van der Waals surface area contributed by atoms with E-state index in [1.165, 1.54) is 6.42 Å². The third-order valence-corrected chi connectivity index (χ3v) is 3.51. The van der Waals surface area contributed by atoms with Gasteiger partial charge in [0.05, 0.1) is 0 Å². The Morgan fingerprint density at radius 1 is 1.39 bits per heavy atom. The van der Waals surface area contributed by atoms with Crippen molar-refractivity contribution in [1.29, 1.82) is 0 Å². The van der Waals surface area contributed by atoms with Crippen LogP contribution in [0.3, 0.4) is 0 Å². The number of hydrogen-bond donors (Lipinski definition) is 3.